The van der Waals surface area contributed by atoms with E-state index in [1.165, 1.54) is 17.8 Å². The maximum atomic E-state index is 14.3. The van der Waals surface area contributed by atoms with Gasteiger partial charge in [-0.15, -0.1) is 10.2 Å². The number of hydrogen-bond donors (Lipinski definition) is 1. The van der Waals surface area contributed by atoms with Crippen LogP contribution >= 0.6 is 11.8 Å². The number of ketones is 1. The smallest absolute Gasteiger partial charge is 0.224 e. The van der Waals surface area contributed by atoms with Gasteiger partial charge in [-0.05, 0) is 55.7 Å². The number of nitrogens with one attached hydrogen (secondary N) is 1. The third-order valence-corrected chi connectivity index (χ3v) is 6.46. The Morgan fingerprint density at radius 1 is 1.09 bits per heavy atom. The summed E-state index contributed by atoms with van der Waals surface area (Å²) in [5.74, 6) is 0.313. The number of carbonyl (C=O) groups is 2. The van der Waals surface area contributed by atoms with Crippen molar-refractivity contribution < 1.29 is 14.0 Å². The Labute approximate surface area is 197 Å². The highest BCUT2D eigenvalue weighted by Crippen LogP contribution is 2.41. The predicted octanol–water partition coefficient (Wildman–Crippen LogP) is 5.91. The van der Waals surface area contributed by atoms with Crippen LogP contribution in [0.25, 0.3) is 11.4 Å². The van der Waals surface area contributed by atoms with Gasteiger partial charge in [0.1, 0.15) is 5.82 Å². The summed E-state index contributed by atoms with van der Waals surface area (Å²) in [6.45, 7) is 2.10. The maximum absolute atomic E-state index is 14.3. The van der Waals surface area contributed by atoms with Crippen LogP contribution in [0, 0.1) is 5.82 Å². The van der Waals surface area contributed by atoms with Crippen LogP contribution in [0.2, 0.25) is 0 Å². The normalized spacial score (nSPS) is 13.2. The molecule has 0 spiro atoms. The summed E-state index contributed by atoms with van der Waals surface area (Å²) < 4.78 is 16.3. The number of amides is 1. The Morgan fingerprint density at radius 2 is 1.85 bits per heavy atom. The molecular formula is C25H27FN4O2S. The molecule has 1 amide bonds. The van der Waals surface area contributed by atoms with Gasteiger partial charge < -0.3 is 5.32 Å². The molecule has 2 aromatic carbocycles. The quantitative estimate of drug-likeness (QED) is 0.216. The van der Waals surface area contributed by atoms with Gasteiger partial charge in [-0.1, -0.05) is 43.7 Å². The van der Waals surface area contributed by atoms with Crippen molar-refractivity contribution >= 4 is 29.1 Å². The van der Waals surface area contributed by atoms with E-state index in [2.05, 4.69) is 22.4 Å². The molecule has 1 aliphatic carbocycles. The molecule has 33 heavy (non-hydrogen) atoms. The largest absolute Gasteiger partial charge is 0.326 e. The van der Waals surface area contributed by atoms with Gasteiger partial charge in [0.25, 0.3) is 0 Å². The van der Waals surface area contributed by atoms with Crippen molar-refractivity contribution in [1.82, 2.24) is 14.8 Å². The summed E-state index contributed by atoms with van der Waals surface area (Å²) >= 11 is 1.31. The number of Topliss-reactive ketones (excluding diaryl/α,β-unsaturated/α-hetero) is 1. The molecule has 0 radical (unpaired) electrons. The Bertz CT molecular complexity index is 1130. The number of thioether (sulfide) groups is 1. The van der Waals surface area contributed by atoms with Crippen LogP contribution in [0.1, 0.15) is 61.8 Å². The average Bonchev–Trinajstić information content (AvgIpc) is 3.57. The highest BCUT2D eigenvalue weighted by molar-refractivity contribution is 7.99. The minimum absolute atomic E-state index is 0.0110. The molecule has 0 atom stereocenters. The van der Waals surface area contributed by atoms with Gasteiger partial charge in [0.05, 0.1) is 11.3 Å². The van der Waals surface area contributed by atoms with Crippen LogP contribution in [0.4, 0.5) is 10.1 Å². The molecule has 6 nitrogen and oxygen atoms in total. The minimum atomic E-state index is -0.336. The number of rotatable bonds is 11. The van der Waals surface area contributed by atoms with E-state index >= 15 is 0 Å². The van der Waals surface area contributed by atoms with E-state index in [0.29, 0.717) is 34.2 Å². The summed E-state index contributed by atoms with van der Waals surface area (Å²) in [4.78, 5) is 24.7. The molecule has 8 heteroatoms. The summed E-state index contributed by atoms with van der Waals surface area (Å²) in [5.41, 5.74) is 1.67. The Hall–Kier alpha value is -3.00. The highest BCUT2D eigenvalue weighted by atomic mass is 32.2. The summed E-state index contributed by atoms with van der Waals surface area (Å²) in [7, 11) is 0. The van der Waals surface area contributed by atoms with E-state index in [0.717, 1.165) is 32.1 Å². The number of benzene rings is 2. The number of nitrogens with zero attached hydrogens (tertiary/aromatic N) is 3. The third-order valence-electron chi connectivity index (χ3n) is 5.52. The van der Waals surface area contributed by atoms with Gasteiger partial charge in [0.15, 0.2) is 16.8 Å². The third kappa shape index (κ3) is 5.87. The van der Waals surface area contributed by atoms with Gasteiger partial charge in [0.2, 0.25) is 5.91 Å². The summed E-state index contributed by atoms with van der Waals surface area (Å²) in [6.07, 6.45) is 5.47. The molecule has 0 bridgehead atoms. The molecule has 1 aromatic heterocycles. The van der Waals surface area contributed by atoms with Gasteiger partial charge in [-0.3, -0.25) is 14.2 Å². The summed E-state index contributed by atoms with van der Waals surface area (Å²) in [6, 6.07) is 13.7. The van der Waals surface area contributed by atoms with Crippen LogP contribution < -0.4 is 5.32 Å². The lowest BCUT2D eigenvalue weighted by Gasteiger charge is -2.09. The SMILES string of the molecule is CCCCCC(=O)Nc1ccc(C(=O)CSc2nnc(-c3ccccc3F)n2C2CC2)cc1. The van der Waals surface area contributed by atoms with E-state index < -0.39 is 0 Å². The molecule has 172 valence electrons. The van der Waals surface area contributed by atoms with Crippen molar-refractivity contribution in [3.63, 3.8) is 0 Å². The van der Waals surface area contributed by atoms with Crippen LogP contribution in [-0.4, -0.2) is 32.2 Å². The van der Waals surface area contributed by atoms with Crippen molar-refractivity contribution in [2.75, 3.05) is 11.1 Å². The van der Waals surface area contributed by atoms with Crippen LogP contribution in [-0.2, 0) is 4.79 Å². The number of hydrogen-bond acceptors (Lipinski definition) is 5. The molecule has 1 N–H and O–H groups in total. The molecule has 4 rings (SSSR count). The number of unbranched alkanes of at least 4 members (excludes halogenated alkanes) is 2. The van der Waals surface area contributed by atoms with Gasteiger partial charge in [-0.25, -0.2) is 4.39 Å². The van der Waals surface area contributed by atoms with Gasteiger partial charge in [0, 0.05) is 23.7 Å². The topological polar surface area (TPSA) is 76.9 Å². The highest BCUT2D eigenvalue weighted by Gasteiger charge is 2.31. The second kappa shape index (κ2) is 10.7. The van der Waals surface area contributed by atoms with Gasteiger partial charge in [-0.2, -0.15) is 0 Å². The molecule has 0 unspecified atom stereocenters. The first-order valence-corrected chi connectivity index (χ1v) is 12.3. The number of anilines is 1. The van der Waals surface area contributed by atoms with E-state index in [4.69, 9.17) is 0 Å². The van der Waals surface area contributed by atoms with Crippen molar-refractivity contribution in [1.29, 1.82) is 0 Å². The molecule has 0 aliphatic heterocycles. The zero-order valence-electron chi connectivity index (χ0n) is 18.6. The molecule has 1 saturated carbocycles. The van der Waals surface area contributed by atoms with Crippen molar-refractivity contribution in [2.45, 2.75) is 56.6 Å². The Balaban J connectivity index is 1.38. The number of carbonyl (C=O) groups excluding carboxylic acids is 2. The van der Waals surface area contributed by atoms with Crippen LogP contribution in [0.15, 0.2) is 53.7 Å². The molecule has 1 aliphatic rings. The Morgan fingerprint density at radius 3 is 2.55 bits per heavy atom. The second-order valence-electron chi connectivity index (χ2n) is 8.18. The van der Waals surface area contributed by atoms with E-state index in [1.54, 1.807) is 42.5 Å². The lowest BCUT2D eigenvalue weighted by Crippen LogP contribution is -2.11. The lowest BCUT2D eigenvalue weighted by atomic mass is 10.1. The molecule has 0 saturated heterocycles. The number of aromatic nitrogens is 3. The fourth-order valence-electron chi connectivity index (χ4n) is 3.58. The van der Waals surface area contributed by atoms with E-state index in [1.807, 2.05) is 4.57 Å². The van der Waals surface area contributed by atoms with E-state index in [9.17, 15) is 14.0 Å². The minimum Gasteiger partial charge on any atom is -0.326 e. The monoisotopic (exact) mass is 466 g/mol. The van der Waals surface area contributed by atoms with Gasteiger partial charge >= 0.3 is 0 Å². The summed E-state index contributed by atoms with van der Waals surface area (Å²) in [5, 5.41) is 12.0. The molecule has 1 fully saturated rings. The second-order valence-corrected chi connectivity index (χ2v) is 9.12. The first kappa shape index (κ1) is 23.2. The van der Waals surface area contributed by atoms with Crippen molar-refractivity contribution in [3.05, 3.63) is 59.9 Å². The van der Waals surface area contributed by atoms with Crippen LogP contribution in [0.5, 0.6) is 0 Å². The molecular weight excluding hydrogens is 439 g/mol. The first-order chi connectivity index (χ1) is 16.1. The fourth-order valence-corrected chi connectivity index (χ4v) is 4.48. The molecule has 1 heterocycles. The Kier molecular flexibility index (Phi) is 7.54. The zero-order valence-corrected chi connectivity index (χ0v) is 19.4. The predicted molar refractivity (Wildman–Crippen MR) is 128 cm³/mol. The van der Waals surface area contributed by atoms with Crippen molar-refractivity contribution in [3.8, 4) is 11.4 Å². The average molecular weight is 467 g/mol. The maximum Gasteiger partial charge on any atom is 0.224 e. The molecule has 3 aromatic rings. The number of halogens is 1. The lowest BCUT2D eigenvalue weighted by molar-refractivity contribution is -0.116. The first-order valence-electron chi connectivity index (χ1n) is 11.3. The van der Waals surface area contributed by atoms with Crippen LogP contribution in [0.3, 0.4) is 0 Å². The standard InChI is InChI=1S/C25H27FN4O2S/c1-2-3-4-9-23(32)27-18-12-10-17(11-13-18)22(31)16-33-25-29-28-24(30(25)19-14-15-19)20-7-5-6-8-21(20)26/h5-8,10-13,19H,2-4,9,14-16H2,1H3,(H,27,32). The fraction of sp³-hybridized carbons (Fsp3) is 0.360. The zero-order chi connectivity index (χ0) is 23.2. The van der Waals surface area contributed by atoms with Crippen molar-refractivity contribution in [2.24, 2.45) is 0 Å². The van der Waals surface area contributed by atoms with E-state index in [-0.39, 0.29) is 29.3 Å².